The molecule has 0 aliphatic heterocycles. The molecule has 0 saturated carbocycles. The molecule has 1 amide bonds. The van der Waals surface area contributed by atoms with E-state index in [2.05, 4.69) is 5.32 Å². The van der Waals surface area contributed by atoms with Gasteiger partial charge in [-0.2, -0.15) is 5.26 Å². The predicted molar refractivity (Wildman–Crippen MR) is 33.5 cm³/mol. The minimum atomic E-state index is -0.509. The van der Waals surface area contributed by atoms with Crippen LogP contribution in [0.25, 0.3) is 0 Å². The minimum absolute atomic E-state index is 0.248. The maximum Gasteiger partial charge on any atom is 0.255 e. The van der Waals surface area contributed by atoms with Crippen LogP contribution in [-0.4, -0.2) is 18.4 Å². The van der Waals surface area contributed by atoms with Crippen molar-refractivity contribution in [1.29, 1.82) is 5.26 Å². The van der Waals surface area contributed by atoms with Gasteiger partial charge in [0.1, 0.15) is 5.94 Å². The number of nitriles is 1. The van der Waals surface area contributed by atoms with Gasteiger partial charge < -0.3 is 5.32 Å². The standard InChI is InChI=1S/C6H6N2O2/c7-3-1-4-8-6(10)2-5-9/h2H,1,4H2,(H,8,10). The summed E-state index contributed by atoms with van der Waals surface area (Å²) in [6.45, 7) is 0.271. The summed E-state index contributed by atoms with van der Waals surface area (Å²) in [7, 11) is 0. The summed E-state index contributed by atoms with van der Waals surface area (Å²) in [5, 5.41) is 10.3. The van der Waals surface area contributed by atoms with Crippen molar-refractivity contribution in [2.45, 2.75) is 6.42 Å². The third-order valence-corrected chi connectivity index (χ3v) is 0.726. The van der Waals surface area contributed by atoms with Gasteiger partial charge in [0.15, 0.2) is 0 Å². The molecule has 0 rings (SSSR count). The van der Waals surface area contributed by atoms with Crippen LogP contribution in [0.5, 0.6) is 0 Å². The van der Waals surface area contributed by atoms with Gasteiger partial charge in [-0.3, -0.25) is 4.79 Å². The van der Waals surface area contributed by atoms with Crippen molar-refractivity contribution in [1.82, 2.24) is 5.32 Å². The van der Waals surface area contributed by atoms with Crippen molar-refractivity contribution >= 4 is 11.8 Å². The number of nitrogens with zero attached hydrogens (tertiary/aromatic N) is 1. The Labute approximate surface area is 58.1 Å². The SMILES string of the molecule is N#CCCNC(=O)C=C=O. The second-order valence-electron chi connectivity index (χ2n) is 1.46. The number of carbonyl (C=O) groups is 1. The molecular weight excluding hydrogens is 132 g/mol. The molecular formula is C6H6N2O2. The number of rotatable bonds is 3. The van der Waals surface area contributed by atoms with E-state index >= 15 is 0 Å². The first-order valence-corrected chi connectivity index (χ1v) is 2.67. The normalized spacial score (nSPS) is 7.10. The average Bonchev–Trinajstić information content (AvgIpc) is 1.89. The molecule has 1 N–H and O–H groups in total. The van der Waals surface area contributed by atoms with E-state index in [0.29, 0.717) is 0 Å². The van der Waals surface area contributed by atoms with E-state index in [1.54, 1.807) is 0 Å². The fourth-order valence-corrected chi connectivity index (χ4v) is 0.346. The van der Waals surface area contributed by atoms with Crippen molar-refractivity contribution in [3.63, 3.8) is 0 Å². The molecule has 0 saturated heterocycles. The van der Waals surface area contributed by atoms with Gasteiger partial charge in [-0.25, -0.2) is 4.79 Å². The van der Waals surface area contributed by atoms with Crippen LogP contribution < -0.4 is 5.32 Å². The summed E-state index contributed by atoms with van der Waals surface area (Å²) >= 11 is 0. The third-order valence-electron chi connectivity index (χ3n) is 0.726. The van der Waals surface area contributed by atoms with E-state index in [4.69, 9.17) is 5.26 Å². The zero-order valence-corrected chi connectivity index (χ0v) is 5.26. The molecule has 0 aliphatic rings. The van der Waals surface area contributed by atoms with Crippen LogP contribution in [0.15, 0.2) is 6.08 Å². The van der Waals surface area contributed by atoms with E-state index in [9.17, 15) is 9.59 Å². The number of hydrogen-bond acceptors (Lipinski definition) is 3. The van der Waals surface area contributed by atoms with Crippen LogP contribution in [0.1, 0.15) is 6.42 Å². The lowest BCUT2D eigenvalue weighted by Crippen LogP contribution is -2.21. The summed E-state index contributed by atoms with van der Waals surface area (Å²) in [6, 6.07) is 1.84. The fraction of sp³-hybridized carbons (Fsp3) is 0.333. The zero-order chi connectivity index (χ0) is 7.82. The second kappa shape index (κ2) is 5.54. The highest BCUT2D eigenvalue weighted by molar-refractivity contribution is 5.94. The Bertz CT molecular complexity index is 198. The van der Waals surface area contributed by atoms with Gasteiger partial charge >= 0.3 is 0 Å². The lowest BCUT2D eigenvalue weighted by atomic mass is 10.4. The maximum atomic E-state index is 10.4. The summed E-state index contributed by atoms with van der Waals surface area (Å²) in [6.07, 6.45) is 0.996. The van der Waals surface area contributed by atoms with Crippen LogP contribution >= 0.6 is 0 Å². The average molecular weight is 138 g/mol. The molecule has 0 aromatic heterocycles. The molecule has 0 atom stereocenters. The number of nitrogens with one attached hydrogen (secondary N) is 1. The van der Waals surface area contributed by atoms with E-state index in [-0.39, 0.29) is 13.0 Å². The van der Waals surface area contributed by atoms with E-state index < -0.39 is 5.91 Å². The van der Waals surface area contributed by atoms with Gasteiger partial charge in [-0.05, 0) is 0 Å². The predicted octanol–water partition coefficient (Wildman–Crippen LogP) is -0.596. The molecule has 4 nitrogen and oxygen atoms in total. The highest BCUT2D eigenvalue weighted by Crippen LogP contribution is 1.70. The Kier molecular flexibility index (Phi) is 4.66. The largest absolute Gasteiger partial charge is 0.351 e. The molecule has 0 heterocycles. The third kappa shape index (κ3) is 4.57. The van der Waals surface area contributed by atoms with Crippen molar-refractivity contribution in [2.75, 3.05) is 6.54 Å². The zero-order valence-electron chi connectivity index (χ0n) is 5.26. The summed E-state index contributed by atoms with van der Waals surface area (Å²) in [5.41, 5.74) is 0. The minimum Gasteiger partial charge on any atom is -0.351 e. The van der Waals surface area contributed by atoms with Crippen LogP contribution in [0.3, 0.4) is 0 Å². The molecule has 0 bridgehead atoms. The molecule has 0 spiro atoms. The Morgan fingerprint density at radius 1 is 1.70 bits per heavy atom. The van der Waals surface area contributed by atoms with Crippen LogP contribution in [0, 0.1) is 11.3 Å². The monoisotopic (exact) mass is 138 g/mol. The Balaban J connectivity index is 3.42. The molecule has 52 valence electrons. The van der Waals surface area contributed by atoms with Gasteiger partial charge in [0.05, 0.1) is 18.6 Å². The van der Waals surface area contributed by atoms with Gasteiger partial charge in [-0.1, -0.05) is 0 Å². The summed E-state index contributed by atoms with van der Waals surface area (Å²) in [4.78, 5) is 19.9. The molecule has 0 radical (unpaired) electrons. The fourth-order valence-electron chi connectivity index (χ4n) is 0.346. The second-order valence-corrected chi connectivity index (χ2v) is 1.46. The van der Waals surface area contributed by atoms with E-state index in [1.165, 1.54) is 5.94 Å². The van der Waals surface area contributed by atoms with Crippen LogP contribution in [-0.2, 0) is 9.59 Å². The summed E-state index contributed by atoms with van der Waals surface area (Å²) < 4.78 is 0. The number of hydrogen-bond donors (Lipinski definition) is 1. The summed E-state index contributed by atoms with van der Waals surface area (Å²) in [5.74, 6) is 0.815. The molecule has 0 unspecified atom stereocenters. The lowest BCUT2D eigenvalue weighted by Gasteiger charge is -1.92. The van der Waals surface area contributed by atoms with Gasteiger partial charge in [0.2, 0.25) is 0 Å². The number of amides is 1. The highest BCUT2D eigenvalue weighted by atomic mass is 16.2. The highest BCUT2D eigenvalue weighted by Gasteiger charge is 1.91. The Morgan fingerprint density at radius 2 is 2.40 bits per heavy atom. The van der Waals surface area contributed by atoms with Crippen LogP contribution in [0.2, 0.25) is 0 Å². The molecule has 0 aromatic carbocycles. The number of carbonyl (C=O) groups excluding carboxylic acids is 2. The van der Waals surface area contributed by atoms with Crippen molar-refractivity contribution in [2.24, 2.45) is 0 Å². The first-order chi connectivity index (χ1) is 4.81. The Morgan fingerprint density at radius 3 is 2.90 bits per heavy atom. The van der Waals surface area contributed by atoms with Crippen molar-refractivity contribution in [3.05, 3.63) is 6.08 Å². The molecule has 10 heavy (non-hydrogen) atoms. The van der Waals surface area contributed by atoms with Gasteiger partial charge in [-0.15, -0.1) is 0 Å². The van der Waals surface area contributed by atoms with Crippen molar-refractivity contribution in [3.8, 4) is 6.07 Å². The van der Waals surface area contributed by atoms with Gasteiger partial charge in [0, 0.05) is 6.54 Å². The molecule has 0 fully saturated rings. The van der Waals surface area contributed by atoms with E-state index in [0.717, 1.165) is 6.08 Å². The lowest BCUT2D eigenvalue weighted by molar-refractivity contribution is -0.116. The topological polar surface area (TPSA) is 70.0 Å². The smallest absolute Gasteiger partial charge is 0.255 e. The van der Waals surface area contributed by atoms with Gasteiger partial charge in [0.25, 0.3) is 5.91 Å². The quantitative estimate of drug-likeness (QED) is 0.321. The first-order valence-electron chi connectivity index (χ1n) is 2.67. The van der Waals surface area contributed by atoms with E-state index in [1.807, 2.05) is 6.07 Å². The Hall–Kier alpha value is -1.59. The maximum absolute atomic E-state index is 10.4. The molecule has 4 heteroatoms. The van der Waals surface area contributed by atoms with Crippen molar-refractivity contribution < 1.29 is 9.59 Å². The molecule has 0 aromatic rings. The first kappa shape index (κ1) is 8.41. The van der Waals surface area contributed by atoms with Crippen LogP contribution in [0.4, 0.5) is 0 Å². The molecule has 0 aliphatic carbocycles.